The van der Waals surface area contributed by atoms with Crippen molar-refractivity contribution in [2.24, 2.45) is 0 Å². The second-order valence-corrected chi connectivity index (χ2v) is 4.04. The van der Waals surface area contributed by atoms with Gasteiger partial charge in [0.1, 0.15) is 6.10 Å². The Labute approximate surface area is 99.6 Å². The van der Waals surface area contributed by atoms with Crippen molar-refractivity contribution in [2.75, 3.05) is 0 Å². The van der Waals surface area contributed by atoms with Crippen LogP contribution in [-0.2, 0) is 0 Å². The van der Waals surface area contributed by atoms with E-state index in [-0.39, 0.29) is 0 Å². The van der Waals surface area contributed by atoms with E-state index in [9.17, 15) is 10.2 Å². The van der Waals surface area contributed by atoms with E-state index in [0.717, 1.165) is 16.3 Å². The third kappa shape index (κ3) is 2.01. The first-order valence-corrected chi connectivity index (χ1v) is 5.39. The molecule has 17 heavy (non-hydrogen) atoms. The summed E-state index contributed by atoms with van der Waals surface area (Å²) in [7, 11) is 0. The molecular formula is C14H13NO2. The lowest BCUT2D eigenvalue weighted by molar-refractivity contribution is 0.0538. The second kappa shape index (κ2) is 4.54. The molecule has 0 aromatic heterocycles. The minimum absolute atomic E-state index is 0.584. The molecule has 2 rings (SSSR count). The van der Waals surface area contributed by atoms with Crippen LogP contribution in [0.5, 0.6) is 0 Å². The van der Waals surface area contributed by atoms with Crippen LogP contribution >= 0.6 is 0 Å². The summed E-state index contributed by atoms with van der Waals surface area (Å²) in [5.74, 6) is 0. The summed E-state index contributed by atoms with van der Waals surface area (Å²) in [4.78, 5) is 0. The van der Waals surface area contributed by atoms with Crippen molar-refractivity contribution in [3.05, 3.63) is 47.5 Å². The van der Waals surface area contributed by atoms with Crippen LogP contribution < -0.4 is 0 Å². The number of aliphatic hydroxyl groups is 2. The molecular weight excluding hydrogens is 214 g/mol. The van der Waals surface area contributed by atoms with Gasteiger partial charge in [-0.25, -0.2) is 0 Å². The zero-order valence-corrected chi connectivity index (χ0v) is 9.46. The predicted molar refractivity (Wildman–Crippen MR) is 65.3 cm³/mol. The van der Waals surface area contributed by atoms with Gasteiger partial charge in [-0.15, -0.1) is 0 Å². The molecule has 0 radical (unpaired) electrons. The van der Waals surface area contributed by atoms with E-state index in [4.69, 9.17) is 5.26 Å². The van der Waals surface area contributed by atoms with Gasteiger partial charge in [0.25, 0.3) is 0 Å². The molecule has 3 nitrogen and oxygen atoms in total. The molecule has 0 aliphatic rings. The Bertz CT molecular complexity index is 586. The largest absolute Gasteiger partial charge is 0.385 e. The lowest BCUT2D eigenvalue weighted by Crippen LogP contribution is -2.16. The monoisotopic (exact) mass is 227 g/mol. The molecule has 0 aliphatic heterocycles. The standard InChI is InChI=1S/C14H13NO2/c1-9-6-7-12(14(17)13(16)8-15)11-5-3-2-4-10(9)11/h2-7,13-14,16-17H,1H3. The molecule has 0 saturated heterocycles. The van der Waals surface area contributed by atoms with E-state index >= 15 is 0 Å². The molecule has 3 heteroatoms. The molecule has 86 valence electrons. The summed E-state index contributed by atoms with van der Waals surface area (Å²) in [6, 6.07) is 12.9. The minimum atomic E-state index is -1.40. The maximum Gasteiger partial charge on any atom is 0.170 e. The summed E-state index contributed by atoms with van der Waals surface area (Å²) in [6.07, 6.45) is -2.58. The van der Waals surface area contributed by atoms with Gasteiger partial charge in [0, 0.05) is 0 Å². The fourth-order valence-corrected chi connectivity index (χ4v) is 1.97. The van der Waals surface area contributed by atoms with Crippen LogP contribution in [0.2, 0.25) is 0 Å². The zero-order chi connectivity index (χ0) is 12.4. The van der Waals surface area contributed by atoms with Crippen LogP contribution in [0.1, 0.15) is 17.2 Å². The summed E-state index contributed by atoms with van der Waals surface area (Å²) in [6.45, 7) is 1.99. The third-order valence-electron chi connectivity index (χ3n) is 2.93. The average Bonchev–Trinajstić information content (AvgIpc) is 2.38. The van der Waals surface area contributed by atoms with Crippen LogP contribution in [0.4, 0.5) is 0 Å². The number of benzene rings is 2. The normalized spacial score (nSPS) is 14.2. The maximum atomic E-state index is 9.91. The Morgan fingerprint density at radius 2 is 1.71 bits per heavy atom. The Morgan fingerprint density at radius 3 is 2.35 bits per heavy atom. The Hall–Kier alpha value is -1.89. The number of hydrogen-bond acceptors (Lipinski definition) is 3. The van der Waals surface area contributed by atoms with Crippen LogP contribution in [0.15, 0.2) is 36.4 Å². The van der Waals surface area contributed by atoms with Crippen molar-refractivity contribution >= 4 is 10.8 Å². The molecule has 0 amide bonds. The van der Waals surface area contributed by atoms with E-state index in [1.807, 2.05) is 37.3 Å². The SMILES string of the molecule is Cc1ccc(C(O)C(O)C#N)c2ccccc12. The molecule has 2 N–H and O–H groups in total. The molecule has 0 saturated carbocycles. The molecule has 0 bridgehead atoms. The van der Waals surface area contributed by atoms with Gasteiger partial charge in [0.05, 0.1) is 6.07 Å². The van der Waals surface area contributed by atoms with E-state index < -0.39 is 12.2 Å². The number of hydrogen-bond donors (Lipinski definition) is 2. The van der Waals surface area contributed by atoms with Gasteiger partial charge < -0.3 is 10.2 Å². The van der Waals surface area contributed by atoms with Gasteiger partial charge in [-0.05, 0) is 28.8 Å². The number of nitrogens with zero attached hydrogens (tertiary/aromatic N) is 1. The predicted octanol–water partition coefficient (Wildman–Crippen LogP) is 2.07. The highest BCUT2D eigenvalue weighted by Crippen LogP contribution is 2.28. The summed E-state index contributed by atoms with van der Waals surface area (Å²) in [5.41, 5.74) is 1.68. The topological polar surface area (TPSA) is 64.2 Å². The van der Waals surface area contributed by atoms with Gasteiger partial charge in [0.15, 0.2) is 6.10 Å². The van der Waals surface area contributed by atoms with Crippen LogP contribution in [0.25, 0.3) is 10.8 Å². The molecule has 2 aromatic rings. The first kappa shape index (κ1) is 11.6. The van der Waals surface area contributed by atoms with E-state index in [1.54, 1.807) is 12.1 Å². The fourth-order valence-electron chi connectivity index (χ4n) is 1.97. The lowest BCUT2D eigenvalue weighted by Gasteiger charge is -2.15. The van der Waals surface area contributed by atoms with Crippen molar-refractivity contribution in [2.45, 2.75) is 19.1 Å². The highest BCUT2D eigenvalue weighted by Gasteiger charge is 2.19. The second-order valence-electron chi connectivity index (χ2n) is 4.04. The quantitative estimate of drug-likeness (QED) is 0.772. The van der Waals surface area contributed by atoms with Gasteiger partial charge in [-0.1, -0.05) is 36.4 Å². The Kier molecular flexibility index (Phi) is 3.10. The van der Waals surface area contributed by atoms with Gasteiger partial charge in [-0.3, -0.25) is 0 Å². The first-order valence-electron chi connectivity index (χ1n) is 5.39. The highest BCUT2D eigenvalue weighted by molar-refractivity contribution is 5.88. The fraction of sp³-hybridized carbons (Fsp3) is 0.214. The molecule has 2 unspecified atom stereocenters. The van der Waals surface area contributed by atoms with Gasteiger partial charge in [0.2, 0.25) is 0 Å². The smallest absolute Gasteiger partial charge is 0.170 e. The number of aryl methyl sites for hydroxylation is 1. The van der Waals surface area contributed by atoms with E-state index in [2.05, 4.69) is 0 Å². The van der Waals surface area contributed by atoms with Crippen molar-refractivity contribution in [1.29, 1.82) is 5.26 Å². The lowest BCUT2D eigenvalue weighted by atomic mass is 9.95. The third-order valence-corrected chi connectivity index (χ3v) is 2.93. The molecule has 0 heterocycles. The van der Waals surface area contributed by atoms with E-state index in [1.165, 1.54) is 0 Å². The maximum absolute atomic E-state index is 9.91. The minimum Gasteiger partial charge on any atom is -0.385 e. The Balaban J connectivity index is 2.64. The number of rotatable bonds is 2. The molecule has 2 atom stereocenters. The van der Waals surface area contributed by atoms with Crippen molar-refractivity contribution in [3.63, 3.8) is 0 Å². The summed E-state index contributed by atoms with van der Waals surface area (Å²) < 4.78 is 0. The van der Waals surface area contributed by atoms with Crippen molar-refractivity contribution in [3.8, 4) is 6.07 Å². The average molecular weight is 227 g/mol. The molecule has 0 spiro atoms. The van der Waals surface area contributed by atoms with Crippen LogP contribution in [0, 0.1) is 18.3 Å². The summed E-state index contributed by atoms with van der Waals surface area (Å²) in [5, 5.41) is 29.8. The molecule has 2 aromatic carbocycles. The highest BCUT2D eigenvalue weighted by atomic mass is 16.3. The van der Waals surface area contributed by atoms with Gasteiger partial charge >= 0.3 is 0 Å². The molecule has 0 aliphatic carbocycles. The first-order chi connectivity index (χ1) is 8.15. The number of nitriles is 1. The number of aliphatic hydroxyl groups excluding tert-OH is 2. The van der Waals surface area contributed by atoms with Crippen LogP contribution in [-0.4, -0.2) is 16.3 Å². The zero-order valence-electron chi connectivity index (χ0n) is 9.46. The van der Waals surface area contributed by atoms with Crippen LogP contribution in [0.3, 0.4) is 0 Å². The van der Waals surface area contributed by atoms with Crippen molar-refractivity contribution in [1.82, 2.24) is 0 Å². The Morgan fingerprint density at radius 1 is 1.06 bits per heavy atom. The summed E-state index contributed by atoms with van der Waals surface area (Å²) >= 11 is 0. The van der Waals surface area contributed by atoms with Gasteiger partial charge in [-0.2, -0.15) is 5.26 Å². The molecule has 0 fully saturated rings. The van der Waals surface area contributed by atoms with E-state index in [0.29, 0.717) is 5.56 Å². The number of fused-ring (bicyclic) bond motifs is 1. The van der Waals surface area contributed by atoms with Crippen molar-refractivity contribution < 1.29 is 10.2 Å².